The number of carbonyl (C=O) groups excluding carboxylic acids is 1. The number of nitro benzene ring substituents is 1. The van der Waals surface area contributed by atoms with Crippen LogP contribution in [0.5, 0.6) is 0 Å². The lowest BCUT2D eigenvalue weighted by molar-refractivity contribution is -0.384. The van der Waals surface area contributed by atoms with E-state index in [9.17, 15) is 14.9 Å². The highest BCUT2D eigenvalue weighted by Crippen LogP contribution is 2.14. The van der Waals surface area contributed by atoms with Crippen molar-refractivity contribution in [1.82, 2.24) is 0 Å². The van der Waals surface area contributed by atoms with E-state index in [1.165, 1.54) is 42.5 Å². The maximum absolute atomic E-state index is 11.8. The quantitative estimate of drug-likeness (QED) is 0.363. The van der Waals surface area contributed by atoms with Gasteiger partial charge >= 0.3 is 13.1 Å². The number of carbonyl (C=O) groups is 1. The molecule has 0 heterocycles. The van der Waals surface area contributed by atoms with Crippen molar-refractivity contribution in [1.29, 1.82) is 0 Å². The van der Waals surface area contributed by atoms with E-state index in [0.717, 1.165) is 0 Å². The van der Waals surface area contributed by atoms with Gasteiger partial charge in [0.05, 0.1) is 10.5 Å². The van der Waals surface area contributed by atoms with Crippen LogP contribution in [0.4, 0.5) is 5.69 Å². The zero-order valence-electron chi connectivity index (χ0n) is 11.4. The third kappa shape index (κ3) is 3.90. The minimum absolute atomic E-state index is 0.0742. The Morgan fingerprint density at radius 3 is 2.45 bits per heavy atom. The molecule has 112 valence electrons. The Labute approximate surface area is 126 Å². The molecule has 0 radical (unpaired) electrons. The van der Waals surface area contributed by atoms with Crippen LogP contribution in [0.3, 0.4) is 0 Å². The molecular weight excluding hydrogens is 289 g/mol. The van der Waals surface area contributed by atoms with Crippen LogP contribution in [-0.4, -0.2) is 28.1 Å². The number of ether oxygens (including phenoxy) is 1. The molecule has 0 aliphatic rings. The molecule has 0 aliphatic heterocycles. The van der Waals surface area contributed by atoms with E-state index < -0.39 is 18.0 Å². The number of nitrogens with zero attached hydrogens (tertiary/aromatic N) is 1. The van der Waals surface area contributed by atoms with Crippen molar-refractivity contribution in [3.05, 3.63) is 69.8 Å². The number of esters is 1. The van der Waals surface area contributed by atoms with E-state index in [2.05, 4.69) is 0 Å². The summed E-state index contributed by atoms with van der Waals surface area (Å²) in [5, 5.41) is 28.6. The highest BCUT2D eigenvalue weighted by atomic mass is 16.6. The van der Waals surface area contributed by atoms with Crippen LogP contribution < -0.4 is 5.46 Å². The van der Waals surface area contributed by atoms with E-state index >= 15 is 0 Å². The predicted octanol–water partition coefficient (Wildman–Crippen LogP) is 0.632. The standard InChI is InChI=1S/C14H12BNO6/c17-14(11-4-6-12(7-5-11)15(18)19)22-9-10-2-1-3-13(8-10)16(20)21/h1-8,18-19H,9H2. The van der Waals surface area contributed by atoms with E-state index in [1.807, 2.05) is 0 Å². The molecule has 0 bridgehead atoms. The van der Waals surface area contributed by atoms with Gasteiger partial charge in [0.2, 0.25) is 0 Å². The van der Waals surface area contributed by atoms with Gasteiger partial charge in [0.15, 0.2) is 0 Å². The molecule has 0 unspecified atom stereocenters. The molecule has 8 heteroatoms. The van der Waals surface area contributed by atoms with Crippen molar-refractivity contribution in [2.75, 3.05) is 0 Å². The fourth-order valence-electron chi connectivity index (χ4n) is 1.78. The Balaban J connectivity index is 2.00. The molecule has 0 atom stereocenters. The number of rotatable bonds is 5. The zero-order valence-corrected chi connectivity index (χ0v) is 11.4. The average Bonchev–Trinajstić information content (AvgIpc) is 2.53. The maximum Gasteiger partial charge on any atom is 0.488 e. The van der Waals surface area contributed by atoms with Crippen molar-refractivity contribution < 1.29 is 24.5 Å². The first kappa shape index (κ1) is 15.7. The summed E-state index contributed by atoms with van der Waals surface area (Å²) >= 11 is 0. The molecule has 0 saturated carbocycles. The number of nitro groups is 1. The van der Waals surface area contributed by atoms with Crippen LogP contribution in [0.15, 0.2) is 48.5 Å². The molecule has 7 nitrogen and oxygen atoms in total. The summed E-state index contributed by atoms with van der Waals surface area (Å²) in [5.74, 6) is -0.606. The highest BCUT2D eigenvalue weighted by Gasteiger charge is 2.13. The lowest BCUT2D eigenvalue weighted by Gasteiger charge is -2.06. The summed E-state index contributed by atoms with van der Waals surface area (Å²) in [5.41, 5.74) is 0.935. The van der Waals surface area contributed by atoms with Gasteiger partial charge in [-0.25, -0.2) is 4.79 Å². The Bertz CT molecular complexity index is 686. The minimum Gasteiger partial charge on any atom is -0.457 e. The normalized spacial score (nSPS) is 10.1. The van der Waals surface area contributed by atoms with Crippen LogP contribution >= 0.6 is 0 Å². The van der Waals surface area contributed by atoms with Gasteiger partial charge in [-0.05, 0) is 23.2 Å². The monoisotopic (exact) mass is 301 g/mol. The molecule has 2 N–H and O–H groups in total. The van der Waals surface area contributed by atoms with E-state index in [-0.39, 0.29) is 23.3 Å². The minimum atomic E-state index is -1.60. The van der Waals surface area contributed by atoms with Crippen LogP contribution in [0.1, 0.15) is 15.9 Å². The first-order valence-corrected chi connectivity index (χ1v) is 6.34. The largest absolute Gasteiger partial charge is 0.488 e. The van der Waals surface area contributed by atoms with E-state index in [4.69, 9.17) is 14.8 Å². The summed E-state index contributed by atoms with van der Waals surface area (Å²) in [4.78, 5) is 22.0. The second-order valence-electron chi connectivity index (χ2n) is 4.50. The van der Waals surface area contributed by atoms with Crippen LogP contribution in [0, 0.1) is 10.1 Å². The second-order valence-corrected chi connectivity index (χ2v) is 4.50. The van der Waals surface area contributed by atoms with E-state index in [0.29, 0.717) is 5.56 Å². The van der Waals surface area contributed by atoms with Gasteiger partial charge in [0, 0.05) is 12.1 Å². The molecule has 0 aromatic heterocycles. The molecule has 2 aromatic rings. The van der Waals surface area contributed by atoms with E-state index in [1.54, 1.807) is 6.07 Å². The lowest BCUT2D eigenvalue weighted by Crippen LogP contribution is -2.29. The number of hydrogen-bond donors (Lipinski definition) is 2. The Kier molecular flexibility index (Phi) is 4.87. The third-order valence-electron chi connectivity index (χ3n) is 2.94. The molecule has 0 aliphatic carbocycles. The fraction of sp³-hybridized carbons (Fsp3) is 0.0714. The van der Waals surface area contributed by atoms with Gasteiger partial charge in [-0.2, -0.15) is 0 Å². The topological polar surface area (TPSA) is 110 Å². The molecule has 2 aromatic carbocycles. The number of hydrogen-bond acceptors (Lipinski definition) is 6. The molecule has 22 heavy (non-hydrogen) atoms. The second kappa shape index (κ2) is 6.84. The number of non-ortho nitro benzene ring substituents is 1. The van der Waals surface area contributed by atoms with Gasteiger partial charge in [-0.15, -0.1) is 0 Å². The van der Waals surface area contributed by atoms with Gasteiger partial charge in [0.1, 0.15) is 6.61 Å². The zero-order chi connectivity index (χ0) is 16.1. The Morgan fingerprint density at radius 1 is 1.18 bits per heavy atom. The van der Waals surface area contributed by atoms with Crippen molar-refractivity contribution in [2.24, 2.45) is 0 Å². The lowest BCUT2D eigenvalue weighted by atomic mass is 9.80. The maximum atomic E-state index is 11.8. The molecule has 0 amide bonds. The first-order chi connectivity index (χ1) is 10.5. The average molecular weight is 301 g/mol. The van der Waals surface area contributed by atoms with Crippen LogP contribution in [0.2, 0.25) is 0 Å². The molecule has 2 rings (SSSR count). The molecule has 0 spiro atoms. The van der Waals surface area contributed by atoms with Gasteiger partial charge < -0.3 is 14.8 Å². The van der Waals surface area contributed by atoms with Gasteiger partial charge in [0.25, 0.3) is 5.69 Å². The summed E-state index contributed by atoms with van der Waals surface area (Å²) < 4.78 is 5.06. The van der Waals surface area contributed by atoms with Crippen molar-refractivity contribution in [2.45, 2.75) is 6.61 Å². The predicted molar refractivity (Wildman–Crippen MR) is 78.5 cm³/mol. The summed E-state index contributed by atoms with van der Waals surface area (Å²) in [6.07, 6.45) is 0. The Hall–Kier alpha value is -2.71. The number of benzene rings is 2. The molecule has 0 fully saturated rings. The highest BCUT2D eigenvalue weighted by molar-refractivity contribution is 6.58. The smallest absolute Gasteiger partial charge is 0.457 e. The van der Waals surface area contributed by atoms with Crippen molar-refractivity contribution >= 4 is 24.2 Å². The van der Waals surface area contributed by atoms with Crippen molar-refractivity contribution in [3.8, 4) is 0 Å². The fourth-order valence-corrected chi connectivity index (χ4v) is 1.78. The molecular formula is C14H12BNO6. The summed E-state index contributed by atoms with van der Waals surface area (Å²) in [7, 11) is -1.60. The molecule has 0 saturated heterocycles. The summed E-state index contributed by atoms with van der Waals surface area (Å²) in [6, 6.07) is 11.4. The van der Waals surface area contributed by atoms with Crippen LogP contribution in [-0.2, 0) is 11.3 Å². The summed E-state index contributed by atoms with van der Waals surface area (Å²) in [6.45, 7) is -0.0924. The Morgan fingerprint density at radius 2 is 1.86 bits per heavy atom. The van der Waals surface area contributed by atoms with Gasteiger partial charge in [-0.3, -0.25) is 10.1 Å². The van der Waals surface area contributed by atoms with Gasteiger partial charge in [-0.1, -0.05) is 24.3 Å². The SMILES string of the molecule is O=C(OCc1cccc([N+](=O)[O-])c1)c1ccc(B(O)O)cc1. The first-order valence-electron chi connectivity index (χ1n) is 6.34. The van der Waals surface area contributed by atoms with Crippen LogP contribution in [0.25, 0.3) is 0 Å². The van der Waals surface area contributed by atoms with Crippen molar-refractivity contribution in [3.63, 3.8) is 0 Å². The third-order valence-corrected chi connectivity index (χ3v) is 2.94.